The van der Waals surface area contributed by atoms with Crippen LogP contribution in [0.25, 0.3) is 0 Å². The van der Waals surface area contributed by atoms with Crippen molar-refractivity contribution in [2.45, 2.75) is 20.3 Å². The van der Waals surface area contributed by atoms with Gasteiger partial charge in [-0.25, -0.2) is 14.4 Å². The molecule has 1 aromatic heterocycles. The summed E-state index contributed by atoms with van der Waals surface area (Å²) in [6, 6.07) is 6.24. The number of amides is 1. The molecule has 23 heavy (non-hydrogen) atoms. The number of nitrogens with one attached hydrogen (secondary N) is 2. The van der Waals surface area contributed by atoms with Crippen LogP contribution in [0.15, 0.2) is 36.7 Å². The summed E-state index contributed by atoms with van der Waals surface area (Å²) in [4.78, 5) is 20.2. The highest BCUT2D eigenvalue weighted by molar-refractivity contribution is 5.93. The monoisotopic (exact) mass is 316 g/mol. The molecule has 0 bridgehead atoms. The summed E-state index contributed by atoms with van der Waals surface area (Å²) in [7, 11) is 0. The van der Waals surface area contributed by atoms with Crippen LogP contribution in [0.3, 0.4) is 0 Å². The van der Waals surface area contributed by atoms with Crippen molar-refractivity contribution in [2.75, 3.05) is 18.4 Å². The van der Waals surface area contributed by atoms with Gasteiger partial charge in [0.05, 0.1) is 5.56 Å². The fourth-order valence-electron chi connectivity index (χ4n) is 1.91. The van der Waals surface area contributed by atoms with E-state index >= 15 is 0 Å². The third-order valence-corrected chi connectivity index (χ3v) is 3.19. The lowest BCUT2D eigenvalue weighted by Crippen LogP contribution is -2.26. The van der Waals surface area contributed by atoms with Gasteiger partial charge in [0.2, 0.25) is 5.95 Å². The van der Waals surface area contributed by atoms with Crippen molar-refractivity contribution in [3.8, 4) is 0 Å². The predicted molar refractivity (Wildman–Crippen MR) is 87.8 cm³/mol. The fraction of sp³-hybridized carbons (Fsp3) is 0.353. The zero-order valence-corrected chi connectivity index (χ0v) is 13.3. The predicted octanol–water partition coefficient (Wildman–Crippen LogP) is 2.66. The maximum Gasteiger partial charge on any atom is 0.254 e. The number of carbonyl (C=O) groups excluding carboxylic acids is 1. The number of nitrogens with zero attached hydrogens (tertiary/aromatic N) is 2. The first-order valence-electron chi connectivity index (χ1n) is 7.63. The summed E-state index contributed by atoms with van der Waals surface area (Å²) in [5.74, 6) is 0.526. The lowest BCUT2D eigenvalue weighted by molar-refractivity contribution is 0.0953. The van der Waals surface area contributed by atoms with E-state index in [1.165, 1.54) is 24.5 Å². The summed E-state index contributed by atoms with van der Waals surface area (Å²) in [6.45, 7) is 5.44. The van der Waals surface area contributed by atoms with E-state index in [1.807, 2.05) is 0 Å². The fourth-order valence-corrected chi connectivity index (χ4v) is 1.91. The topological polar surface area (TPSA) is 66.9 Å². The second-order valence-corrected chi connectivity index (χ2v) is 5.70. The van der Waals surface area contributed by atoms with Gasteiger partial charge in [0.1, 0.15) is 5.82 Å². The Morgan fingerprint density at radius 1 is 1.17 bits per heavy atom. The van der Waals surface area contributed by atoms with Gasteiger partial charge in [-0.1, -0.05) is 26.0 Å². The van der Waals surface area contributed by atoms with Crippen molar-refractivity contribution in [3.05, 3.63) is 53.6 Å². The Labute approximate surface area is 135 Å². The Hall–Kier alpha value is -2.50. The maximum atomic E-state index is 12.8. The molecule has 5 nitrogen and oxygen atoms in total. The number of hydrogen-bond donors (Lipinski definition) is 2. The molecule has 0 saturated heterocycles. The van der Waals surface area contributed by atoms with E-state index in [-0.39, 0.29) is 11.7 Å². The van der Waals surface area contributed by atoms with Crippen LogP contribution in [0.2, 0.25) is 0 Å². The van der Waals surface area contributed by atoms with E-state index in [1.54, 1.807) is 12.1 Å². The van der Waals surface area contributed by atoms with E-state index in [0.29, 0.717) is 30.4 Å². The van der Waals surface area contributed by atoms with Crippen molar-refractivity contribution in [1.82, 2.24) is 15.3 Å². The molecule has 0 saturated carbocycles. The molecule has 2 aromatic rings. The molecule has 0 fully saturated rings. The molecule has 6 heteroatoms. The highest BCUT2D eigenvalue weighted by atomic mass is 19.1. The molecule has 0 atom stereocenters. The number of hydrogen-bond acceptors (Lipinski definition) is 4. The summed E-state index contributed by atoms with van der Waals surface area (Å²) in [6.07, 6.45) is 3.65. The zero-order valence-electron chi connectivity index (χ0n) is 13.3. The molecule has 1 aromatic carbocycles. The number of anilines is 1. The second kappa shape index (κ2) is 8.22. The molecule has 0 unspecified atom stereocenters. The Balaban J connectivity index is 1.80. The largest absolute Gasteiger partial charge is 0.354 e. The molecule has 2 N–H and O–H groups in total. The standard InChI is InChI=1S/C17H21FN4O/c1-12(2)9-20-17-21-10-14(11-22-17)16(23)19-8-7-13-3-5-15(18)6-4-13/h3-6,10-12H,7-9H2,1-2H3,(H,19,23)(H,20,21,22). The van der Waals surface area contributed by atoms with Crippen LogP contribution in [0, 0.1) is 11.7 Å². The molecule has 2 rings (SSSR count). The van der Waals surface area contributed by atoms with Crippen LogP contribution in [-0.2, 0) is 6.42 Å². The van der Waals surface area contributed by atoms with Crippen LogP contribution in [0.4, 0.5) is 10.3 Å². The Bertz CT molecular complexity index is 626. The molecular formula is C17H21FN4O. The molecule has 1 amide bonds. The van der Waals surface area contributed by atoms with E-state index < -0.39 is 0 Å². The van der Waals surface area contributed by atoms with Gasteiger partial charge in [0.15, 0.2) is 0 Å². The third kappa shape index (κ3) is 5.65. The van der Waals surface area contributed by atoms with Crippen LogP contribution in [0.1, 0.15) is 29.8 Å². The molecule has 1 heterocycles. The number of halogens is 1. The van der Waals surface area contributed by atoms with Crippen molar-refractivity contribution >= 4 is 11.9 Å². The van der Waals surface area contributed by atoms with E-state index in [0.717, 1.165) is 12.1 Å². The smallest absolute Gasteiger partial charge is 0.254 e. The number of carbonyl (C=O) groups is 1. The number of rotatable bonds is 7. The van der Waals surface area contributed by atoms with Gasteiger partial charge in [0, 0.05) is 25.5 Å². The molecule has 0 aliphatic heterocycles. The van der Waals surface area contributed by atoms with Crippen LogP contribution in [0.5, 0.6) is 0 Å². The molecule has 122 valence electrons. The summed E-state index contributed by atoms with van der Waals surface area (Å²) in [5.41, 5.74) is 1.38. The number of aromatic nitrogens is 2. The van der Waals surface area contributed by atoms with Crippen molar-refractivity contribution in [2.24, 2.45) is 5.92 Å². The third-order valence-electron chi connectivity index (χ3n) is 3.19. The van der Waals surface area contributed by atoms with E-state index in [4.69, 9.17) is 0 Å². The van der Waals surface area contributed by atoms with Gasteiger partial charge in [-0.15, -0.1) is 0 Å². The SMILES string of the molecule is CC(C)CNc1ncc(C(=O)NCCc2ccc(F)cc2)cn1. The van der Waals surface area contributed by atoms with Crippen molar-refractivity contribution in [3.63, 3.8) is 0 Å². The Morgan fingerprint density at radius 3 is 2.43 bits per heavy atom. The van der Waals surface area contributed by atoms with E-state index in [9.17, 15) is 9.18 Å². The van der Waals surface area contributed by atoms with Gasteiger partial charge < -0.3 is 10.6 Å². The first kappa shape index (κ1) is 16.9. The highest BCUT2D eigenvalue weighted by Gasteiger charge is 2.07. The maximum absolute atomic E-state index is 12.8. The van der Waals surface area contributed by atoms with Crippen LogP contribution < -0.4 is 10.6 Å². The van der Waals surface area contributed by atoms with Gasteiger partial charge in [0.25, 0.3) is 5.91 Å². The van der Waals surface area contributed by atoms with Gasteiger partial charge in [-0.05, 0) is 30.0 Å². The van der Waals surface area contributed by atoms with Gasteiger partial charge in [-0.3, -0.25) is 4.79 Å². The summed E-state index contributed by atoms with van der Waals surface area (Å²) in [5, 5.41) is 5.89. The minimum atomic E-state index is -0.263. The normalized spacial score (nSPS) is 10.6. The lowest BCUT2D eigenvalue weighted by atomic mass is 10.1. The van der Waals surface area contributed by atoms with Crippen LogP contribution >= 0.6 is 0 Å². The van der Waals surface area contributed by atoms with Crippen LogP contribution in [-0.4, -0.2) is 29.0 Å². The summed E-state index contributed by atoms with van der Waals surface area (Å²) >= 11 is 0. The van der Waals surface area contributed by atoms with Crippen molar-refractivity contribution < 1.29 is 9.18 Å². The minimum absolute atomic E-state index is 0.220. The first-order chi connectivity index (χ1) is 11.0. The average Bonchev–Trinajstić information content (AvgIpc) is 2.55. The van der Waals surface area contributed by atoms with Crippen molar-refractivity contribution in [1.29, 1.82) is 0 Å². The van der Waals surface area contributed by atoms with E-state index in [2.05, 4.69) is 34.4 Å². The molecule has 0 aliphatic rings. The van der Waals surface area contributed by atoms with Gasteiger partial charge in [-0.2, -0.15) is 0 Å². The zero-order chi connectivity index (χ0) is 16.7. The second-order valence-electron chi connectivity index (χ2n) is 5.70. The summed E-state index contributed by atoms with van der Waals surface area (Å²) < 4.78 is 12.8. The quantitative estimate of drug-likeness (QED) is 0.824. The molecule has 0 radical (unpaired) electrons. The van der Waals surface area contributed by atoms with Gasteiger partial charge >= 0.3 is 0 Å². The Morgan fingerprint density at radius 2 is 1.83 bits per heavy atom. The first-order valence-corrected chi connectivity index (χ1v) is 7.63. The molecule has 0 aliphatic carbocycles. The average molecular weight is 316 g/mol. The minimum Gasteiger partial charge on any atom is -0.354 e. The Kier molecular flexibility index (Phi) is 6.02. The lowest BCUT2D eigenvalue weighted by Gasteiger charge is -2.08. The molecular weight excluding hydrogens is 295 g/mol. The number of benzene rings is 1. The molecule has 0 spiro atoms. The highest BCUT2D eigenvalue weighted by Crippen LogP contribution is 2.04.